The van der Waals surface area contributed by atoms with E-state index in [1.807, 2.05) is 29.8 Å². The summed E-state index contributed by atoms with van der Waals surface area (Å²) < 4.78 is 1.97. The van der Waals surface area contributed by atoms with E-state index >= 15 is 0 Å². The van der Waals surface area contributed by atoms with Gasteiger partial charge < -0.3 is 5.73 Å². The van der Waals surface area contributed by atoms with Gasteiger partial charge in [0, 0.05) is 24.6 Å². The predicted molar refractivity (Wildman–Crippen MR) is 67.5 cm³/mol. The van der Waals surface area contributed by atoms with Gasteiger partial charge in [0.1, 0.15) is 0 Å². The third-order valence-corrected chi connectivity index (χ3v) is 2.78. The van der Waals surface area contributed by atoms with Crippen LogP contribution in [0.4, 0.5) is 0 Å². The maximum Gasteiger partial charge on any atom is 0.0724 e. The summed E-state index contributed by atoms with van der Waals surface area (Å²) in [7, 11) is 0. The largest absolute Gasteiger partial charge is 0.319 e. The van der Waals surface area contributed by atoms with E-state index in [0.717, 1.165) is 29.9 Å². The van der Waals surface area contributed by atoms with Crippen molar-refractivity contribution in [2.45, 2.75) is 32.9 Å². The summed E-state index contributed by atoms with van der Waals surface area (Å²) in [5.74, 6) is 0. The molecule has 1 atom stereocenters. The zero-order valence-electron chi connectivity index (χ0n) is 10.3. The van der Waals surface area contributed by atoms with Crippen LogP contribution in [0.2, 0.25) is 0 Å². The number of aryl methyl sites for hydroxylation is 2. The molecule has 0 aromatic carbocycles. The van der Waals surface area contributed by atoms with E-state index in [4.69, 9.17) is 5.73 Å². The monoisotopic (exact) mass is 230 g/mol. The first kappa shape index (κ1) is 11.8. The molecule has 0 spiro atoms. The van der Waals surface area contributed by atoms with Crippen LogP contribution in [-0.2, 0) is 6.54 Å². The number of hydrogen-bond acceptors (Lipinski definition) is 3. The summed E-state index contributed by atoms with van der Waals surface area (Å²) in [5, 5.41) is 4.30. The Morgan fingerprint density at radius 1 is 1.35 bits per heavy atom. The fraction of sp³-hybridized carbons (Fsp3) is 0.385. The van der Waals surface area contributed by atoms with E-state index in [0.29, 0.717) is 0 Å². The van der Waals surface area contributed by atoms with Gasteiger partial charge in [0.2, 0.25) is 0 Å². The molecule has 0 radical (unpaired) electrons. The highest BCUT2D eigenvalue weighted by atomic mass is 15.3. The molecule has 1 unspecified atom stereocenters. The summed E-state index contributed by atoms with van der Waals surface area (Å²) in [5.41, 5.74) is 9.39. The SMILES string of the molecule is CCCn1nccc1C(N)c1ccnc(C)c1. The first-order chi connectivity index (χ1) is 8.22. The smallest absolute Gasteiger partial charge is 0.0724 e. The van der Waals surface area contributed by atoms with Crippen molar-refractivity contribution < 1.29 is 0 Å². The number of hydrogen-bond donors (Lipinski definition) is 1. The lowest BCUT2D eigenvalue weighted by atomic mass is 10.1. The highest BCUT2D eigenvalue weighted by Gasteiger charge is 2.13. The summed E-state index contributed by atoms with van der Waals surface area (Å²) in [6.07, 6.45) is 4.65. The van der Waals surface area contributed by atoms with E-state index in [-0.39, 0.29) is 6.04 Å². The molecule has 2 aromatic heterocycles. The molecule has 90 valence electrons. The zero-order chi connectivity index (χ0) is 12.3. The Morgan fingerprint density at radius 3 is 2.88 bits per heavy atom. The number of aromatic nitrogens is 3. The fourth-order valence-electron chi connectivity index (χ4n) is 1.94. The topological polar surface area (TPSA) is 56.7 Å². The van der Waals surface area contributed by atoms with Crippen molar-refractivity contribution in [3.05, 3.63) is 47.5 Å². The lowest BCUT2D eigenvalue weighted by molar-refractivity contribution is 0.559. The minimum absolute atomic E-state index is 0.134. The molecule has 0 bridgehead atoms. The molecule has 4 nitrogen and oxygen atoms in total. The highest BCUT2D eigenvalue weighted by molar-refractivity contribution is 5.27. The number of pyridine rings is 1. The highest BCUT2D eigenvalue weighted by Crippen LogP contribution is 2.19. The molecule has 2 N–H and O–H groups in total. The summed E-state index contributed by atoms with van der Waals surface area (Å²) in [4.78, 5) is 4.18. The minimum Gasteiger partial charge on any atom is -0.319 e. The first-order valence-electron chi connectivity index (χ1n) is 5.92. The van der Waals surface area contributed by atoms with Gasteiger partial charge in [-0.15, -0.1) is 0 Å². The number of nitrogens with two attached hydrogens (primary N) is 1. The second kappa shape index (κ2) is 5.10. The number of nitrogens with zero attached hydrogens (tertiary/aromatic N) is 3. The lowest BCUT2D eigenvalue weighted by Gasteiger charge is -2.14. The molecule has 0 aliphatic carbocycles. The Labute approximate surface area is 101 Å². The van der Waals surface area contributed by atoms with Gasteiger partial charge in [-0.25, -0.2) is 0 Å². The lowest BCUT2D eigenvalue weighted by Crippen LogP contribution is -2.17. The van der Waals surface area contributed by atoms with E-state index in [9.17, 15) is 0 Å². The summed E-state index contributed by atoms with van der Waals surface area (Å²) >= 11 is 0. The average molecular weight is 230 g/mol. The molecular formula is C13H18N4. The minimum atomic E-state index is -0.134. The molecule has 2 aromatic rings. The predicted octanol–water partition coefficient (Wildman–Crippen LogP) is 2.04. The Morgan fingerprint density at radius 2 is 2.18 bits per heavy atom. The van der Waals surface area contributed by atoms with Gasteiger partial charge in [0.05, 0.1) is 11.7 Å². The standard InChI is InChI=1S/C13H18N4/c1-3-8-17-12(5-7-16-17)13(14)11-4-6-15-10(2)9-11/h4-7,9,13H,3,8,14H2,1-2H3. The van der Waals surface area contributed by atoms with Crippen LogP contribution < -0.4 is 5.73 Å². The van der Waals surface area contributed by atoms with E-state index in [1.54, 1.807) is 12.4 Å². The molecule has 0 saturated heterocycles. The van der Waals surface area contributed by atoms with Crippen molar-refractivity contribution in [3.63, 3.8) is 0 Å². The molecular weight excluding hydrogens is 212 g/mol. The fourth-order valence-corrected chi connectivity index (χ4v) is 1.94. The van der Waals surface area contributed by atoms with Crippen molar-refractivity contribution in [3.8, 4) is 0 Å². The molecule has 17 heavy (non-hydrogen) atoms. The maximum atomic E-state index is 6.27. The van der Waals surface area contributed by atoms with E-state index in [2.05, 4.69) is 17.0 Å². The molecule has 0 fully saturated rings. The van der Waals surface area contributed by atoms with E-state index < -0.39 is 0 Å². The maximum absolute atomic E-state index is 6.27. The van der Waals surface area contributed by atoms with Crippen molar-refractivity contribution >= 4 is 0 Å². The van der Waals surface area contributed by atoms with Crippen molar-refractivity contribution in [1.82, 2.24) is 14.8 Å². The van der Waals surface area contributed by atoms with E-state index in [1.165, 1.54) is 0 Å². The van der Waals surface area contributed by atoms with Crippen LogP contribution in [0.25, 0.3) is 0 Å². The van der Waals surface area contributed by atoms with Crippen LogP contribution >= 0.6 is 0 Å². The van der Waals surface area contributed by atoms with Crippen LogP contribution in [0.15, 0.2) is 30.6 Å². The molecule has 0 aliphatic heterocycles. The molecule has 2 rings (SSSR count). The van der Waals surface area contributed by atoms with Gasteiger partial charge >= 0.3 is 0 Å². The van der Waals surface area contributed by atoms with Crippen molar-refractivity contribution in [2.24, 2.45) is 5.73 Å². The van der Waals surface area contributed by atoms with Crippen LogP contribution in [0.5, 0.6) is 0 Å². The molecule has 2 heterocycles. The second-order valence-electron chi connectivity index (χ2n) is 4.19. The second-order valence-corrected chi connectivity index (χ2v) is 4.19. The molecule has 0 saturated carbocycles. The normalized spacial score (nSPS) is 12.6. The molecule has 4 heteroatoms. The van der Waals surface area contributed by atoms with Crippen LogP contribution in [-0.4, -0.2) is 14.8 Å². The van der Waals surface area contributed by atoms with Gasteiger partial charge in [0.15, 0.2) is 0 Å². The Balaban J connectivity index is 2.30. The summed E-state index contributed by atoms with van der Waals surface area (Å²) in [6, 6.07) is 5.83. The third kappa shape index (κ3) is 2.53. The van der Waals surface area contributed by atoms with Crippen LogP contribution in [0, 0.1) is 6.92 Å². The van der Waals surface area contributed by atoms with Crippen LogP contribution in [0.3, 0.4) is 0 Å². The summed E-state index contributed by atoms with van der Waals surface area (Å²) in [6.45, 7) is 5.01. The van der Waals surface area contributed by atoms with Crippen molar-refractivity contribution in [2.75, 3.05) is 0 Å². The third-order valence-electron chi connectivity index (χ3n) is 2.78. The van der Waals surface area contributed by atoms with Gasteiger partial charge in [-0.1, -0.05) is 6.92 Å². The first-order valence-corrected chi connectivity index (χ1v) is 5.92. The van der Waals surface area contributed by atoms with Gasteiger partial charge in [0.25, 0.3) is 0 Å². The van der Waals surface area contributed by atoms with Crippen LogP contribution in [0.1, 0.15) is 36.3 Å². The van der Waals surface area contributed by atoms with Crippen molar-refractivity contribution in [1.29, 1.82) is 0 Å². The molecule has 0 amide bonds. The number of rotatable bonds is 4. The molecule has 0 aliphatic rings. The average Bonchev–Trinajstić information content (AvgIpc) is 2.77. The zero-order valence-corrected chi connectivity index (χ0v) is 10.3. The Hall–Kier alpha value is -1.68. The van der Waals surface area contributed by atoms with Gasteiger partial charge in [-0.05, 0) is 37.1 Å². The van der Waals surface area contributed by atoms with Gasteiger partial charge in [-0.3, -0.25) is 9.67 Å². The Kier molecular flexibility index (Phi) is 3.54. The quantitative estimate of drug-likeness (QED) is 0.874. The Bertz CT molecular complexity index is 490. The van der Waals surface area contributed by atoms with Gasteiger partial charge in [-0.2, -0.15) is 5.10 Å².